The van der Waals surface area contributed by atoms with E-state index in [0.29, 0.717) is 12.0 Å². The summed E-state index contributed by atoms with van der Waals surface area (Å²) >= 11 is 0. The van der Waals surface area contributed by atoms with Gasteiger partial charge >= 0.3 is 0 Å². The van der Waals surface area contributed by atoms with E-state index in [2.05, 4.69) is 0 Å². The van der Waals surface area contributed by atoms with Crippen molar-refractivity contribution in [1.29, 1.82) is 0 Å². The fourth-order valence-corrected chi connectivity index (χ4v) is 1.23. The smallest absolute Gasteiger partial charge is 0.248 e. The van der Waals surface area contributed by atoms with Crippen LogP contribution in [0.15, 0.2) is 24.3 Å². The summed E-state index contributed by atoms with van der Waals surface area (Å²) in [6.07, 6.45) is 0.474. The maximum atomic E-state index is 10.9. The van der Waals surface area contributed by atoms with Gasteiger partial charge in [-0.2, -0.15) is 0 Å². The lowest BCUT2D eigenvalue weighted by Crippen LogP contribution is -2.15. The van der Waals surface area contributed by atoms with E-state index < -0.39 is 5.91 Å². The van der Waals surface area contributed by atoms with Crippen molar-refractivity contribution in [1.82, 2.24) is 0 Å². The SMILES string of the molecule is NC(=O)c1cccc(C(N)CCO)c1. The van der Waals surface area contributed by atoms with Crippen molar-refractivity contribution in [3.63, 3.8) is 0 Å². The van der Waals surface area contributed by atoms with Gasteiger partial charge in [-0.25, -0.2) is 0 Å². The van der Waals surface area contributed by atoms with Crippen LogP contribution in [-0.4, -0.2) is 17.6 Å². The molecule has 0 saturated carbocycles. The Kier molecular flexibility index (Phi) is 3.62. The minimum atomic E-state index is -0.469. The Hall–Kier alpha value is -1.39. The summed E-state index contributed by atoms with van der Waals surface area (Å²) in [6.45, 7) is 0.0297. The normalized spacial score (nSPS) is 12.4. The average Bonchev–Trinajstić information content (AvgIpc) is 2.18. The van der Waals surface area contributed by atoms with Crippen LogP contribution in [0, 0.1) is 0 Å². The predicted octanol–water partition coefficient (Wildman–Crippen LogP) is 0.168. The number of hydrogen-bond acceptors (Lipinski definition) is 3. The van der Waals surface area contributed by atoms with Crippen LogP contribution >= 0.6 is 0 Å². The summed E-state index contributed by atoms with van der Waals surface area (Å²) in [5.41, 5.74) is 12.1. The Morgan fingerprint density at radius 3 is 2.79 bits per heavy atom. The minimum absolute atomic E-state index is 0.0297. The zero-order valence-electron chi connectivity index (χ0n) is 7.81. The third-order valence-electron chi connectivity index (χ3n) is 2.04. The molecule has 4 nitrogen and oxygen atoms in total. The van der Waals surface area contributed by atoms with Crippen molar-refractivity contribution < 1.29 is 9.90 Å². The topological polar surface area (TPSA) is 89.3 Å². The molecule has 0 spiro atoms. The summed E-state index contributed by atoms with van der Waals surface area (Å²) in [5, 5.41) is 8.70. The lowest BCUT2D eigenvalue weighted by Gasteiger charge is -2.10. The van der Waals surface area contributed by atoms with Crippen LogP contribution in [0.2, 0.25) is 0 Å². The van der Waals surface area contributed by atoms with Gasteiger partial charge in [0.25, 0.3) is 0 Å². The highest BCUT2D eigenvalue weighted by Gasteiger charge is 2.07. The first-order valence-corrected chi connectivity index (χ1v) is 4.41. The molecule has 1 aromatic carbocycles. The third-order valence-corrected chi connectivity index (χ3v) is 2.04. The van der Waals surface area contributed by atoms with Gasteiger partial charge < -0.3 is 16.6 Å². The molecular weight excluding hydrogens is 180 g/mol. The number of amides is 1. The first-order chi connectivity index (χ1) is 6.65. The Labute approximate surface area is 82.5 Å². The van der Waals surface area contributed by atoms with Gasteiger partial charge in [-0.15, -0.1) is 0 Å². The molecule has 1 atom stereocenters. The molecule has 0 heterocycles. The molecule has 1 amide bonds. The van der Waals surface area contributed by atoms with E-state index in [1.807, 2.05) is 6.07 Å². The maximum Gasteiger partial charge on any atom is 0.248 e. The Morgan fingerprint density at radius 2 is 2.21 bits per heavy atom. The first-order valence-electron chi connectivity index (χ1n) is 4.41. The van der Waals surface area contributed by atoms with E-state index >= 15 is 0 Å². The summed E-state index contributed by atoms with van der Waals surface area (Å²) in [5.74, 6) is -0.469. The standard InChI is InChI=1S/C10H14N2O2/c11-9(4-5-13)7-2-1-3-8(6-7)10(12)14/h1-3,6,9,13H,4-5,11H2,(H2,12,14). The summed E-state index contributed by atoms with van der Waals surface area (Å²) in [7, 11) is 0. The van der Waals surface area contributed by atoms with Gasteiger partial charge in [0.2, 0.25) is 5.91 Å². The van der Waals surface area contributed by atoms with Gasteiger partial charge in [-0.05, 0) is 24.1 Å². The highest BCUT2D eigenvalue weighted by atomic mass is 16.3. The predicted molar refractivity (Wildman–Crippen MR) is 53.6 cm³/mol. The van der Waals surface area contributed by atoms with Crippen LogP contribution in [0.1, 0.15) is 28.4 Å². The number of carbonyl (C=O) groups excluding carboxylic acids is 1. The molecule has 1 aromatic rings. The second-order valence-corrected chi connectivity index (χ2v) is 3.11. The fourth-order valence-electron chi connectivity index (χ4n) is 1.23. The van der Waals surface area contributed by atoms with Gasteiger partial charge in [0, 0.05) is 18.2 Å². The molecule has 0 bridgehead atoms. The molecule has 0 aliphatic carbocycles. The summed E-state index contributed by atoms with van der Waals surface area (Å²) in [4.78, 5) is 10.9. The van der Waals surface area contributed by atoms with E-state index in [-0.39, 0.29) is 12.6 Å². The molecule has 76 valence electrons. The molecule has 5 N–H and O–H groups in total. The fraction of sp³-hybridized carbons (Fsp3) is 0.300. The Bertz CT molecular complexity index is 326. The van der Waals surface area contributed by atoms with Gasteiger partial charge in [0.05, 0.1) is 0 Å². The number of rotatable bonds is 4. The second-order valence-electron chi connectivity index (χ2n) is 3.11. The molecule has 0 aliphatic rings. The molecule has 1 unspecified atom stereocenters. The zero-order valence-corrected chi connectivity index (χ0v) is 7.81. The number of primary amides is 1. The maximum absolute atomic E-state index is 10.9. The number of aliphatic hydroxyl groups excluding tert-OH is 1. The van der Waals surface area contributed by atoms with Crippen molar-refractivity contribution in [2.75, 3.05) is 6.61 Å². The van der Waals surface area contributed by atoms with Gasteiger partial charge in [0.1, 0.15) is 0 Å². The molecule has 4 heteroatoms. The molecule has 0 saturated heterocycles. The van der Waals surface area contributed by atoms with Crippen LogP contribution in [0.5, 0.6) is 0 Å². The summed E-state index contributed by atoms with van der Waals surface area (Å²) in [6, 6.07) is 6.58. The van der Waals surface area contributed by atoms with E-state index in [0.717, 1.165) is 5.56 Å². The molecular formula is C10H14N2O2. The highest BCUT2D eigenvalue weighted by molar-refractivity contribution is 5.92. The van der Waals surface area contributed by atoms with E-state index in [1.165, 1.54) is 0 Å². The molecule has 0 aromatic heterocycles. The average molecular weight is 194 g/mol. The summed E-state index contributed by atoms with van der Waals surface area (Å²) < 4.78 is 0. The number of hydrogen-bond donors (Lipinski definition) is 3. The van der Waals surface area contributed by atoms with E-state index in [9.17, 15) is 4.79 Å². The number of carbonyl (C=O) groups is 1. The van der Waals surface area contributed by atoms with Crippen LogP contribution in [0.25, 0.3) is 0 Å². The largest absolute Gasteiger partial charge is 0.396 e. The molecule has 1 rings (SSSR count). The molecule has 0 radical (unpaired) electrons. The molecule has 14 heavy (non-hydrogen) atoms. The van der Waals surface area contributed by atoms with Crippen LogP contribution in [-0.2, 0) is 0 Å². The zero-order chi connectivity index (χ0) is 10.6. The van der Waals surface area contributed by atoms with Gasteiger partial charge in [-0.3, -0.25) is 4.79 Å². The lowest BCUT2D eigenvalue weighted by molar-refractivity contribution is 0.1000. The van der Waals surface area contributed by atoms with Crippen molar-refractivity contribution in [3.05, 3.63) is 35.4 Å². The van der Waals surface area contributed by atoms with Crippen molar-refractivity contribution in [2.24, 2.45) is 11.5 Å². The quantitative estimate of drug-likeness (QED) is 0.638. The monoisotopic (exact) mass is 194 g/mol. The van der Waals surface area contributed by atoms with Crippen molar-refractivity contribution in [3.8, 4) is 0 Å². The minimum Gasteiger partial charge on any atom is -0.396 e. The molecule has 0 aliphatic heterocycles. The Balaban J connectivity index is 2.87. The van der Waals surface area contributed by atoms with E-state index in [1.54, 1.807) is 18.2 Å². The lowest BCUT2D eigenvalue weighted by atomic mass is 10.0. The van der Waals surface area contributed by atoms with Gasteiger partial charge in [-0.1, -0.05) is 12.1 Å². The van der Waals surface area contributed by atoms with Crippen molar-refractivity contribution >= 4 is 5.91 Å². The number of nitrogens with two attached hydrogens (primary N) is 2. The van der Waals surface area contributed by atoms with Crippen LogP contribution < -0.4 is 11.5 Å². The second kappa shape index (κ2) is 4.74. The van der Waals surface area contributed by atoms with E-state index in [4.69, 9.17) is 16.6 Å². The van der Waals surface area contributed by atoms with Gasteiger partial charge in [0.15, 0.2) is 0 Å². The first kappa shape index (κ1) is 10.7. The third kappa shape index (κ3) is 2.55. The molecule has 0 fully saturated rings. The Morgan fingerprint density at radius 1 is 1.50 bits per heavy atom. The number of benzene rings is 1. The number of aliphatic hydroxyl groups is 1. The van der Waals surface area contributed by atoms with Crippen molar-refractivity contribution in [2.45, 2.75) is 12.5 Å². The highest BCUT2D eigenvalue weighted by Crippen LogP contribution is 2.14. The van der Waals surface area contributed by atoms with Crippen LogP contribution in [0.3, 0.4) is 0 Å². The van der Waals surface area contributed by atoms with Crippen LogP contribution in [0.4, 0.5) is 0 Å².